The predicted octanol–water partition coefficient (Wildman–Crippen LogP) is 3.63. The molecule has 130 valence electrons. The lowest BCUT2D eigenvalue weighted by Gasteiger charge is -2.12. The van der Waals surface area contributed by atoms with Crippen LogP contribution in [0, 0.1) is 0 Å². The molecular formula is C19H20ClN3O2. The molecule has 2 aromatic carbocycles. The van der Waals surface area contributed by atoms with E-state index in [9.17, 15) is 4.79 Å². The summed E-state index contributed by atoms with van der Waals surface area (Å²) in [6, 6.07) is 15.0. The normalized spacial score (nSPS) is 19.2. The number of aliphatic imine (C=N–C) groups is 1. The molecule has 5 nitrogen and oxygen atoms in total. The zero-order valence-electron chi connectivity index (χ0n) is 13.9. The summed E-state index contributed by atoms with van der Waals surface area (Å²) in [6.07, 6.45) is 1.77. The highest BCUT2D eigenvalue weighted by Gasteiger charge is 2.25. The van der Waals surface area contributed by atoms with E-state index in [1.807, 2.05) is 31.2 Å². The van der Waals surface area contributed by atoms with E-state index < -0.39 is 0 Å². The van der Waals surface area contributed by atoms with E-state index in [4.69, 9.17) is 22.1 Å². The highest BCUT2D eigenvalue weighted by molar-refractivity contribution is 6.30. The summed E-state index contributed by atoms with van der Waals surface area (Å²) in [4.78, 5) is 16.5. The van der Waals surface area contributed by atoms with Crippen LogP contribution in [-0.2, 0) is 11.2 Å². The van der Waals surface area contributed by atoms with Gasteiger partial charge in [-0.3, -0.25) is 4.79 Å². The SMILES string of the molecule is C[C@@H]1OC(N)=N[C@H]1CCc1ccc(NC(=O)c2ccc(Cl)cc2)cc1. The third-order valence-electron chi connectivity index (χ3n) is 4.19. The van der Waals surface area contributed by atoms with E-state index >= 15 is 0 Å². The fourth-order valence-electron chi connectivity index (χ4n) is 2.74. The molecule has 0 fully saturated rings. The molecule has 0 bridgehead atoms. The Morgan fingerprint density at radius 3 is 2.48 bits per heavy atom. The Bertz CT molecular complexity index is 772. The zero-order valence-corrected chi connectivity index (χ0v) is 14.7. The number of carbonyl (C=O) groups excluding carboxylic acids is 1. The van der Waals surface area contributed by atoms with Crippen molar-refractivity contribution in [3.8, 4) is 0 Å². The summed E-state index contributed by atoms with van der Waals surface area (Å²) in [7, 11) is 0. The van der Waals surface area contributed by atoms with Crippen LogP contribution in [0.1, 0.15) is 29.3 Å². The van der Waals surface area contributed by atoms with Gasteiger partial charge in [-0.2, -0.15) is 0 Å². The number of aryl methyl sites for hydroxylation is 1. The number of hydrogen-bond acceptors (Lipinski definition) is 4. The van der Waals surface area contributed by atoms with Crippen molar-refractivity contribution < 1.29 is 9.53 Å². The lowest BCUT2D eigenvalue weighted by atomic mass is 10.0. The number of nitrogens with two attached hydrogens (primary N) is 1. The maximum absolute atomic E-state index is 12.2. The molecule has 25 heavy (non-hydrogen) atoms. The van der Waals surface area contributed by atoms with Crippen LogP contribution in [0.25, 0.3) is 0 Å². The van der Waals surface area contributed by atoms with Crippen LogP contribution < -0.4 is 11.1 Å². The van der Waals surface area contributed by atoms with Crippen molar-refractivity contribution in [2.75, 3.05) is 5.32 Å². The van der Waals surface area contributed by atoms with Gasteiger partial charge < -0.3 is 15.8 Å². The lowest BCUT2D eigenvalue weighted by molar-refractivity contribution is 0.102. The van der Waals surface area contributed by atoms with E-state index in [0.29, 0.717) is 10.6 Å². The molecule has 0 saturated heterocycles. The minimum atomic E-state index is -0.161. The van der Waals surface area contributed by atoms with Crippen molar-refractivity contribution in [3.05, 3.63) is 64.7 Å². The van der Waals surface area contributed by atoms with Crippen LogP contribution in [0.3, 0.4) is 0 Å². The smallest absolute Gasteiger partial charge is 0.282 e. The van der Waals surface area contributed by atoms with Crippen LogP contribution in [0.5, 0.6) is 0 Å². The molecule has 3 N–H and O–H groups in total. The van der Waals surface area contributed by atoms with Gasteiger partial charge in [-0.15, -0.1) is 0 Å². The molecule has 1 aliphatic rings. The van der Waals surface area contributed by atoms with Crippen LogP contribution in [0.4, 0.5) is 5.69 Å². The summed E-state index contributed by atoms with van der Waals surface area (Å²) < 4.78 is 5.35. The topological polar surface area (TPSA) is 76.7 Å². The molecule has 3 rings (SSSR count). The maximum atomic E-state index is 12.2. The van der Waals surface area contributed by atoms with Gasteiger partial charge in [0, 0.05) is 16.3 Å². The number of benzene rings is 2. The van der Waals surface area contributed by atoms with Crippen LogP contribution in [0.15, 0.2) is 53.5 Å². The molecule has 0 spiro atoms. The number of amides is 1. The van der Waals surface area contributed by atoms with Gasteiger partial charge in [0.05, 0.1) is 6.04 Å². The standard InChI is InChI=1S/C19H20ClN3O2/c1-12-17(23-19(21)25-12)11-4-13-2-9-16(10-3-13)22-18(24)14-5-7-15(20)8-6-14/h2-3,5-10,12,17H,4,11H2,1H3,(H2,21,23)(H,22,24)/t12-,17-/m0/s1. The van der Waals surface area contributed by atoms with Crippen LogP contribution >= 0.6 is 11.6 Å². The molecule has 0 aromatic heterocycles. The van der Waals surface area contributed by atoms with Crippen molar-refractivity contribution in [3.63, 3.8) is 0 Å². The molecule has 0 unspecified atom stereocenters. The monoisotopic (exact) mass is 357 g/mol. The van der Waals surface area contributed by atoms with E-state index in [1.54, 1.807) is 24.3 Å². The summed E-state index contributed by atoms with van der Waals surface area (Å²) in [5, 5.41) is 3.48. The predicted molar refractivity (Wildman–Crippen MR) is 100 cm³/mol. The van der Waals surface area contributed by atoms with Gasteiger partial charge in [0.2, 0.25) is 0 Å². The van der Waals surface area contributed by atoms with Gasteiger partial charge >= 0.3 is 0 Å². The molecule has 2 aromatic rings. The number of ether oxygens (including phenoxy) is 1. The molecule has 1 amide bonds. The van der Waals surface area contributed by atoms with Crippen molar-refractivity contribution in [1.82, 2.24) is 0 Å². The van der Waals surface area contributed by atoms with Crippen molar-refractivity contribution in [1.29, 1.82) is 0 Å². The number of carbonyl (C=O) groups is 1. The highest BCUT2D eigenvalue weighted by atomic mass is 35.5. The number of nitrogens with one attached hydrogen (secondary N) is 1. The molecule has 2 atom stereocenters. The summed E-state index contributed by atoms with van der Waals surface area (Å²) in [5.41, 5.74) is 8.09. The summed E-state index contributed by atoms with van der Waals surface area (Å²) in [5.74, 6) is -0.161. The van der Waals surface area contributed by atoms with Crippen molar-refractivity contribution >= 4 is 29.2 Å². The summed E-state index contributed by atoms with van der Waals surface area (Å²) >= 11 is 5.83. The van der Waals surface area contributed by atoms with Gasteiger partial charge in [0.25, 0.3) is 11.9 Å². The molecule has 1 aliphatic heterocycles. The molecular weight excluding hydrogens is 338 g/mol. The molecule has 0 saturated carbocycles. The lowest BCUT2D eigenvalue weighted by Crippen LogP contribution is -2.20. The molecule has 0 aliphatic carbocycles. The third-order valence-corrected chi connectivity index (χ3v) is 4.44. The second-order valence-electron chi connectivity index (χ2n) is 6.05. The molecule has 6 heteroatoms. The Kier molecular flexibility index (Phi) is 5.24. The van der Waals surface area contributed by atoms with Crippen molar-refractivity contribution in [2.45, 2.75) is 31.9 Å². The number of amidine groups is 1. The minimum Gasteiger partial charge on any atom is -0.460 e. The maximum Gasteiger partial charge on any atom is 0.282 e. The number of anilines is 1. The van der Waals surface area contributed by atoms with E-state index in [2.05, 4.69) is 10.3 Å². The molecule has 0 radical (unpaired) electrons. The fraction of sp³-hybridized carbons (Fsp3) is 0.263. The van der Waals surface area contributed by atoms with Crippen molar-refractivity contribution in [2.24, 2.45) is 10.7 Å². The second kappa shape index (κ2) is 7.57. The van der Waals surface area contributed by atoms with Crippen LogP contribution in [-0.4, -0.2) is 24.1 Å². The number of hydrogen-bond donors (Lipinski definition) is 2. The third kappa shape index (κ3) is 4.51. The van der Waals surface area contributed by atoms with Gasteiger partial charge in [-0.05, 0) is 61.7 Å². The first-order chi connectivity index (χ1) is 12.0. The average Bonchev–Trinajstić information content (AvgIpc) is 2.92. The van der Waals surface area contributed by atoms with Gasteiger partial charge in [0.1, 0.15) is 6.10 Å². The Morgan fingerprint density at radius 2 is 1.88 bits per heavy atom. The Labute approximate surface area is 151 Å². The highest BCUT2D eigenvalue weighted by Crippen LogP contribution is 2.19. The Balaban J connectivity index is 1.55. The minimum absolute atomic E-state index is 0.0259. The second-order valence-corrected chi connectivity index (χ2v) is 6.49. The first kappa shape index (κ1) is 17.3. The quantitative estimate of drug-likeness (QED) is 0.857. The largest absolute Gasteiger partial charge is 0.460 e. The number of halogens is 1. The fourth-order valence-corrected chi connectivity index (χ4v) is 2.87. The number of rotatable bonds is 5. The van der Waals surface area contributed by atoms with Crippen LogP contribution in [0.2, 0.25) is 5.02 Å². The van der Waals surface area contributed by atoms with Gasteiger partial charge in [0.15, 0.2) is 0 Å². The summed E-state index contributed by atoms with van der Waals surface area (Å²) in [6.45, 7) is 1.98. The Morgan fingerprint density at radius 1 is 1.20 bits per heavy atom. The van der Waals surface area contributed by atoms with E-state index in [-0.39, 0.29) is 24.1 Å². The van der Waals surface area contributed by atoms with Gasteiger partial charge in [-0.1, -0.05) is 23.7 Å². The Hall–Kier alpha value is -2.53. The first-order valence-electron chi connectivity index (χ1n) is 8.17. The van der Waals surface area contributed by atoms with Gasteiger partial charge in [-0.25, -0.2) is 4.99 Å². The first-order valence-corrected chi connectivity index (χ1v) is 8.55. The molecule has 1 heterocycles. The zero-order chi connectivity index (χ0) is 17.8. The number of nitrogens with zero attached hydrogens (tertiary/aromatic N) is 1. The average molecular weight is 358 g/mol. The van der Waals surface area contributed by atoms with E-state index in [0.717, 1.165) is 18.5 Å². The van der Waals surface area contributed by atoms with E-state index in [1.165, 1.54) is 5.56 Å².